The molecule has 5 nitrogen and oxygen atoms in total. The number of nitrogens with one attached hydrogen (secondary N) is 1. The number of hydrogen-bond acceptors (Lipinski definition) is 4. The van der Waals surface area contributed by atoms with Gasteiger partial charge in [-0.25, -0.2) is 4.79 Å². The standard InChI is InChI=1S/C10H16N2O3/c1-15-10(14)4-5-11-8-9(13)12-6-2-3-7-12/h4-5,11H,2-3,6-8H2,1H3/b5-4+. The zero-order valence-corrected chi connectivity index (χ0v) is 8.86. The number of amides is 1. The Morgan fingerprint density at radius 2 is 2.07 bits per heavy atom. The van der Waals surface area contributed by atoms with Gasteiger partial charge in [0.1, 0.15) is 0 Å². The molecule has 0 atom stereocenters. The molecule has 1 saturated heterocycles. The second-order valence-electron chi connectivity index (χ2n) is 3.33. The molecule has 0 aromatic rings. The van der Waals surface area contributed by atoms with Crippen LogP contribution in [0.4, 0.5) is 0 Å². The minimum atomic E-state index is -0.434. The Hall–Kier alpha value is -1.52. The first kappa shape index (κ1) is 11.6. The van der Waals surface area contributed by atoms with Crippen molar-refractivity contribution in [2.45, 2.75) is 12.8 Å². The van der Waals surface area contributed by atoms with Gasteiger partial charge >= 0.3 is 5.97 Å². The molecule has 0 saturated carbocycles. The van der Waals surface area contributed by atoms with Crippen molar-refractivity contribution in [3.8, 4) is 0 Å². The van der Waals surface area contributed by atoms with Gasteiger partial charge in [0.15, 0.2) is 0 Å². The van der Waals surface area contributed by atoms with Crippen molar-refractivity contribution in [2.75, 3.05) is 26.7 Å². The predicted molar refractivity (Wildman–Crippen MR) is 55.0 cm³/mol. The summed E-state index contributed by atoms with van der Waals surface area (Å²) in [5.41, 5.74) is 0. The Bertz CT molecular complexity index is 257. The summed E-state index contributed by atoms with van der Waals surface area (Å²) in [6.45, 7) is 1.93. The van der Waals surface area contributed by atoms with E-state index in [1.165, 1.54) is 19.4 Å². The maximum atomic E-state index is 11.5. The molecule has 0 aromatic carbocycles. The summed E-state index contributed by atoms with van der Waals surface area (Å²) >= 11 is 0. The molecule has 0 unspecified atom stereocenters. The molecule has 0 aromatic heterocycles. The normalized spacial score (nSPS) is 15.7. The van der Waals surface area contributed by atoms with Crippen LogP contribution in [0, 0.1) is 0 Å². The van der Waals surface area contributed by atoms with Crippen LogP contribution < -0.4 is 5.32 Å². The zero-order valence-electron chi connectivity index (χ0n) is 8.86. The van der Waals surface area contributed by atoms with Crippen LogP contribution in [0.1, 0.15) is 12.8 Å². The Morgan fingerprint density at radius 3 is 2.67 bits per heavy atom. The molecule has 1 fully saturated rings. The molecule has 1 N–H and O–H groups in total. The largest absolute Gasteiger partial charge is 0.466 e. The topological polar surface area (TPSA) is 58.6 Å². The molecule has 5 heteroatoms. The number of esters is 1. The fraction of sp³-hybridized carbons (Fsp3) is 0.600. The van der Waals surface area contributed by atoms with Crippen molar-refractivity contribution in [1.29, 1.82) is 0 Å². The smallest absolute Gasteiger partial charge is 0.331 e. The zero-order chi connectivity index (χ0) is 11.1. The Morgan fingerprint density at radius 1 is 1.40 bits per heavy atom. The Labute approximate surface area is 89.1 Å². The number of nitrogens with zero attached hydrogens (tertiary/aromatic N) is 1. The molecular weight excluding hydrogens is 196 g/mol. The van der Waals surface area contributed by atoms with Gasteiger partial charge in [0.2, 0.25) is 5.91 Å². The Balaban J connectivity index is 2.16. The predicted octanol–water partition coefficient (Wildman–Crippen LogP) is -0.115. The third-order valence-electron chi connectivity index (χ3n) is 2.25. The average molecular weight is 212 g/mol. The summed E-state index contributed by atoms with van der Waals surface area (Å²) in [6.07, 6.45) is 4.85. The van der Waals surface area contributed by atoms with Gasteiger partial charge in [0, 0.05) is 25.4 Å². The summed E-state index contributed by atoms with van der Waals surface area (Å²) in [6, 6.07) is 0. The van der Waals surface area contributed by atoms with Crippen molar-refractivity contribution in [2.24, 2.45) is 0 Å². The molecule has 1 heterocycles. The molecule has 84 valence electrons. The third-order valence-corrected chi connectivity index (χ3v) is 2.25. The molecular formula is C10H16N2O3. The van der Waals surface area contributed by atoms with Gasteiger partial charge in [-0.3, -0.25) is 4.79 Å². The fourth-order valence-corrected chi connectivity index (χ4v) is 1.42. The molecule has 0 bridgehead atoms. The summed E-state index contributed by atoms with van der Waals surface area (Å²) in [5, 5.41) is 2.75. The summed E-state index contributed by atoms with van der Waals surface area (Å²) in [7, 11) is 1.31. The van der Waals surface area contributed by atoms with Gasteiger partial charge in [0.25, 0.3) is 0 Å². The highest BCUT2D eigenvalue weighted by Gasteiger charge is 2.16. The van der Waals surface area contributed by atoms with Crippen molar-refractivity contribution < 1.29 is 14.3 Å². The summed E-state index contributed by atoms with van der Waals surface area (Å²) in [5.74, 6) is -0.363. The molecule has 0 radical (unpaired) electrons. The highest BCUT2D eigenvalue weighted by molar-refractivity contribution is 5.82. The van der Waals surface area contributed by atoms with E-state index in [9.17, 15) is 9.59 Å². The van der Waals surface area contributed by atoms with E-state index < -0.39 is 5.97 Å². The van der Waals surface area contributed by atoms with Crippen molar-refractivity contribution in [3.05, 3.63) is 12.3 Å². The quantitative estimate of drug-likeness (QED) is 0.521. The van der Waals surface area contributed by atoms with Gasteiger partial charge in [-0.2, -0.15) is 0 Å². The SMILES string of the molecule is COC(=O)/C=C/NCC(=O)N1CCCC1. The number of carbonyl (C=O) groups is 2. The van der Waals surface area contributed by atoms with Crippen molar-refractivity contribution in [3.63, 3.8) is 0 Å². The molecule has 1 amide bonds. The first-order valence-corrected chi connectivity index (χ1v) is 4.99. The second kappa shape index (κ2) is 6.06. The first-order valence-electron chi connectivity index (χ1n) is 4.99. The number of methoxy groups -OCH3 is 1. The molecule has 1 rings (SSSR count). The van der Waals surface area contributed by atoms with Gasteiger partial charge in [0.05, 0.1) is 13.7 Å². The van der Waals surface area contributed by atoms with E-state index in [1.54, 1.807) is 0 Å². The van der Waals surface area contributed by atoms with E-state index in [-0.39, 0.29) is 12.5 Å². The van der Waals surface area contributed by atoms with Crippen LogP contribution in [0.5, 0.6) is 0 Å². The van der Waals surface area contributed by atoms with Crippen LogP contribution in [0.3, 0.4) is 0 Å². The third kappa shape index (κ3) is 4.01. The number of rotatable bonds is 4. The van der Waals surface area contributed by atoms with E-state index >= 15 is 0 Å². The minimum absolute atomic E-state index is 0.0713. The molecule has 1 aliphatic heterocycles. The summed E-state index contributed by atoms with van der Waals surface area (Å²) < 4.78 is 4.40. The van der Waals surface area contributed by atoms with E-state index in [2.05, 4.69) is 10.1 Å². The van der Waals surface area contributed by atoms with Crippen LogP contribution in [-0.2, 0) is 14.3 Å². The number of likely N-dealkylation sites (tertiary alicyclic amines) is 1. The lowest BCUT2D eigenvalue weighted by atomic mass is 10.4. The molecule has 0 spiro atoms. The summed E-state index contributed by atoms with van der Waals surface area (Å²) in [4.78, 5) is 24.0. The maximum absolute atomic E-state index is 11.5. The van der Waals surface area contributed by atoms with Gasteiger partial charge in [-0.15, -0.1) is 0 Å². The number of hydrogen-bond donors (Lipinski definition) is 1. The van der Waals surface area contributed by atoms with E-state index in [0.717, 1.165) is 25.9 Å². The number of carbonyl (C=O) groups excluding carboxylic acids is 2. The van der Waals surface area contributed by atoms with Gasteiger partial charge in [-0.1, -0.05) is 0 Å². The Kier molecular flexibility index (Phi) is 4.66. The minimum Gasteiger partial charge on any atom is -0.466 e. The first-order chi connectivity index (χ1) is 7.24. The van der Waals surface area contributed by atoms with E-state index in [4.69, 9.17) is 0 Å². The van der Waals surface area contributed by atoms with Gasteiger partial charge < -0.3 is 15.0 Å². The van der Waals surface area contributed by atoms with E-state index in [1.807, 2.05) is 4.90 Å². The van der Waals surface area contributed by atoms with Gasteiger partial charge in [-0.05, 0) is 12.8 Å². The second-order valence-corrected chi connectivity index (χ2v) is 3.33. The van der Waals surface area contributed by atoms with Crippen LogP contribution in [0.25, 0.3) is 0 Å². The maximum Gasteiger partial charge on any atom is 0.331 e. The lowest BCUT2D eigenvalue weighted by Crippen LogP contribution is -2.34. The lowest BCUT2D eigenvalue weighted by Gasteiger charge is -2.14. The number of ether oxygens (including phenoxy) is 1. The lowest BCUT2D eigenvalue weighted by molar-refractivity contribution is -0.135. The van der Waals surface area contributed by atoms with E-state index in [0.29, 0.717) is 0 Å². The monoisotopic (exact) mass is 212 g/mol. The van der Waals surface area contributed by atoms with Crippen LogP contribution in [-0.4, -0.2) is 43.5 Å². The van der Waals surface area contributed by atoms with Crippen LogP contribution >= 0.6 is 0 Å². The highest BCUT2D eigenvalue weighted by atomic mass is 16.5. The molecule has 0 aliphatic carbocycles. The fourth-order valence-electron chi connectivity index (χ4n) is 1.42. The van der Waals surface area contributed by atoms with Crippen molar-refractivity contribution in [1.82, 2.24) is 10.2 Å². The molecule has 1 aliphatic rings. The van der Waals surface area contributed by atoms with Crippen LogP contribution in [0.2, 0.25) is 0 Å². The van der Waals surface area contributed by atoms with Crippen LogP contribution in [0.15, 0.2) is 12.3 Å². The highest BCUT2D eigenvalue weighted by Crippen LogP contribution is 2.06. The van der Waals surface area contributed by atoms with Crippen molar-refractivity contribution >= 4 is 11.9 Å². The average Bonchev–Trinajstić information content (AvgIpc) is 2.77. The molecule has 15 heavy (non-hydrogen) atoms.